The van der Waals surface area contributed by atoms with Gasteiger partial charge in [-0.15, -0.1) is 0 Å². The fourth-order valence-electron chi connectivity index (χ4n) is 11.1. The first kappa shape index (κ1) is 95.1. The van der Waals surface area contributed by atoms with E-state index in [1.165, 1.54) is 89.5 Å². The highest BCUT2D eigenvalue weighted by Gasteiger charge is 2.37. The molecule has 0 aliphatic heterocycles. The monoisotopic (exact) mass is 1920 g/mol. The van der Waals surface area contributed by atoms with Crippen LogP contribution in [0, 0.1) is 87.3 Å². The number of benzene rings is 8. The SMILES string of the molecule is CCN(CC)CC.Cn1cc(Br)c2ccc(S(=O)(=O)Cl)cc21.Cn1cc(Br)c2ccc(S(=O)(=O)Oc3c(F)c(F)c(F)c(F)c3F)cc21.Cn1nccc1-c1cc(C(F)(F)F)ccc1-c1cn(C)c2cc(S(=O)(=O)Oc3c(F)c(F)c(F)c(F)c3F)ccc12.Cn1nccc1-c1cc(C(F)(F)F)ccc1O[B]O.Oc1c(F)c(F)c(F)c(F)c1F. The lowest BCUT2D eigenvalue weighted by Crippen LogP contribution is -2.21. The Morgan fingerprint density at radius 1 is 0.425 bits per heavy atom. The molecule has 0 saturated carbocycles. The van der Waals surface area contributed by atoms with Crippen LogP contribution in [0.2, 0.25) is 0 Å². The highest BCUT2D eigenvalue weighted by Crippen LogP contribution is 2.44. The van der Waals surface area contributed by atoms with Crippen molar-refractivity contribution in [2.45, 2.75) is 47.8 Å². The molecule has 120 heavy (non-hydrogen) atoms. The standard InChI is InChI=1S/C26H15F8N3O3S.C15H7BrF5NO3S.C11H9BF3N2O2.C9H7BrClNO2S.C6HF5O.C6H15N/c1-36-11-17(14-5-3-12(26(32,33)34)9-16(14)18-7-8-35-37(18)2)15-6-4-13(10-19(15)36)41(38,39)40-25-23(30)21(28)20(27)22(29)24(25)31;1-22-5-8(16)7-3-2-6(4-9(7)22)26(23,24)25-15-13(20)11(18)10(17)12(19)14(15)21;1-17-9(4-5-16-17)8-6-7(11(13,14)15)2-3-10(8)19-12-18;1-12-5-8(10)7-3-2-6(4-9(7)12)15(11,13)14;7-1-2(8)4(10)6(12)5(11)3(1)9;1-4-7(5-2)6-3/h3-11H,1-2H3;2-5H,1H3;2-6,18H,1H3;2-5H,1H3;12H;4-6H2,1-3H3. The van der Waals surface area contributed by atoms with Crippen LogP contribution in [0.25, 0.3) is 66.4 Å². The largest absolute Gasteiger partial charge is 0.569 e. The van der Waals surface area contributed by atoms with E-state index in [-0.39, 0.29) is 27.3 Å². The van der Waals surface area contributed by atoms with E-state index in [1.807, 2.05) is 17.8 Å². The molecule has 5 aromatic heterocycles. The van der Waals surface area contributed by atoms with Gasteiger partial charge in [-0.2, -0.15) is 79.7 Å². The number of hydrogen-bond donors (Lipinski definition) is 2. The summed E-state index contributed by atoms with van der Waals surface area (Å²) in [6, 6.07) is 20.8. The second kappa shape index (κ2) is 37.7. The molecule has 0 saturated heterocycles. The Morgan fingerprint density at radius 2 is 0.758 bits per heavy atom. The molecule has 13 rings (SSSR count). The number of alkyl halides is 6. The molecule has 1 radical (unpaired) electrons. The minimum absolute atomic E-state index is 0.110. The molecule has 19 nitrogen and oxygen atoms in total. The summed E-state index contributed by atoms with van der Waals surface area (Å²) in [5.74, 6) is -40.7. The third kappa shape index (κ3) is 20.6. The fourth-order valence-corrected chi connectivity index (χ4v) is 15.0. The second-order valence-electron chi connectivity index (χ2n) is 24.6. The molecule has 13 aromatic rings. The Labute approximate surface area is 687 Å². The molecule has 641 valence electrons. The number of halogens is 24. The van der Waals surface area contributed by atoms with E-state index in [0.717, 1.165) is 70.0 Å². The van der Waals surface area contributed by atoms with Gasteiger partial charge in [0.05, 0.1) is 38.4 Å². The van der Waals surface area contributed by atoms with Crippen LogP contribution >= 0.6 is 42.5 Å². The highest BCUT2D eigenvalue weighted by molar-refractivity contribution is 9.11. The fraction of sp³-hybridized carbons (Fsp3) is 0.178. The molecule has 0 aliphatic rings. The number of nitrogens with zero attached hydrogens (tertiary/aromatic N) is 8. The number of rotatable bonds is 15. The van der Waals surface area contributed by atoms with Crippen LogP contribution in [0.5, 0.6) is 23.0 Å². The van der Waals surface area contributed by atoms with E-state index in [4.69, 9.17) is 25.5 Å². The van der Waals surface area contributed by atoms with E-state index >= 15 is 0 Å². The van der Waals surface area contributed by atoms with Crippen LogP contribution in [-0.2, 0) is 76.9 Å². The van der Waals surface area contributed by atoms with Crippen molar-refractivity contribution in [2.24, 2.45) is 35.2 Å². The summed E-state index contributed by atoms with van der Waals surface area (Å²) in [5.41, 5.74) is 1.67. The molecule has 0 bridgehead atoms. The number of aryl methyl sites for hydroxylation is 5. The zero-order chi connectivity index (χ0) is 89.8. The molecule has 8 aromatic carbocycles. The third-order valence-electron chi connectivity index (χ3n) is 17.2. The lowest BCUT2D eigenvalue weighted by Gasteiger charge is -2.14. The van der Waals surface area contributed by atoms with Gasteiger partial charge in [0.1, 0.15) is 15.5 Å². The maximum Gasteiger partial charge on any atom is 0.569 e. The molecular weight excluding hydrogens is 1870 g/mol. The average Bonchev–Trinajstić information content (AvgIpc) is 1.54. The summed E-state index contributed by atoms with van der Waals surface area (Å²) in [6.45, 7) is 10.1. The molecular formula is C73H54BBr2ClF21N8O11S3. The molecule has 5 heterocycles. The van der Waals surface area contributed by atoms with Gasteiger partial charge in [-0.25, -0.2) is 47.9 Å². The average molecular weight is 1920 g/mol. The maximum atomic E-state index is 14.1. The smallest absolute Gasteiger partial charge is 0.537 e. The topological polar surface area (TPSA) is 224 Å². The predicted molar refractivity (Wildman–Crippen MR) is 402 cm³/mol. The molecule has 0 unspecified atom stereocenters. The molecule has 0 atom stereocenters. The number of hydrogen-bond acceptors (Lipinski definition) is 14. The summed E-state index contributed by atoms with van der Waals surface area (Å²) >= 11 is 6.66. The van der Waals surface area contributed by atoms with Gasteiger partial charge < -0.3 is 41.8 Å². The number of aromatic nitrogens is 7. The van der Waals surface area contributed by atoms with Gasteiger partial charge in [0.15, 0.2) is 5.75 Å². The van der Waals surface area contributed by atoms with Crippen molar-refractivity contribution >= 4 is 112 Å². The van der Waals surface area contributed by atoms with Gasteiger partial charge in [-0.1, -0.05) is 45.0 Å². The first-order valence-corrected chi connectivity index (χ1v) is 39.9. The molecule has 0 fully saturated rings. The Balaban J connectivity index is 0.000000195. The van der Waals surface area contributed by atoms with Gasteiger partial charge in [0.2, 0.25) is 98.8 Å². The van der Waals surface area contributed by atoms with Crippen molar-refractivity contribution in [1.82, 2.24) is 38.2 Å². The van der Waals surface area contributed by atoms with Crippen LogP contribution in [0.1, 0.15) is 31.9 Å². The van der Waals surface area contributed by atoms with Gasteiger partial charge >= 0.3 is 40.3 Å². The Morgan fingerprint density at radius 3 is 1.12 bits per heavy atom. The third-order valence-corrected chi connectivity index (χ3v) is 22.3. The van der Waals surface area contributed by atoms with Crippen molar-refractivity contribution < 1.29 is 141 Å². The van der Waals surface area contributed by atoms with Crippen LogP contribution in [0.15, 0.2) is 158 Å². The quantitative estimate of drug-likeness (QED) is 0.0243. The lowest BCUT2D eigenvalue weighted by molar-refractivity contribution is -0.138. The zero-order valence-electron chi connectivity index (χ0n) is 61.8. The van der Waals surface area contributed by atoms with Crippen LogP contribution in [0.4, 0.5) is 92.2 Å². The van der Waals surface area contributed by atoms with E-state index in [2.05, 4.69) is 76.1 Å². The normalized spacial score (nSPS) is 11.8. The Kier molecular flexibility index (Phi) is 29.9. The number of aromatic hydroxyl groups is 1. The highest BCUT2D eigenvalue weighted by atomic mass is 79.9. The maximum absolute atomic E-state index is 14.1. The lowest BCUT2D eigenvalue weighted by atomic mass is 9.95. The summed E-state index contributed by atoms with van der Waals surface area (Å²) in [5, 5.41) is 26.8. The minimum atomic E-state index is -5.13. The summed E-state index contributed by atoms with van der Waals surface area (Å²) < 4.78 is 370. The molecule has 2 N–H and O–H groups in total. The first-order chi connectivity index (χ1) is 55.8. The van der Waals surface area contributed by atoms with Crippen molar-refractivity contribution in [3.8, 4) is 56.6 Å². The van der Waals surface area contributed by atoms with Crippen LogP contribution in [0.3, 0.4) is 0 Å². The van der Waals surface area contributed by atoms with E-state index < -0.39 is 167 Å². The zero-order valence-corrected chi connectivity index (χ0v) is 68.2. The van der Waals surface area contributed by atoms with Crippen molar-refractivity contribution in [3.05, 3.63) is 241 Å². The molecule has 0 amide bonds. The summed E-state index contributed by atoms with van der Waals surface area (Å²) in [7, 11) is 0.147. The van der Waals surface area contributed by atoms with E-state index in [0.29, 0.717) is 51.0 Å². The van der Waals surface area contributed by atoms with Crippen molar-refractivity contribution in [1.29, 1.82) is 0 Å². The van der Waals surface area contributed by atoms with E-state index in [9.17, 15) is 117 Å². The molecule has 47 heteroatoms. The minimum Gasteiger partial charge on any atom is -0.537 e. The van der Waals surface area contributed by atoms with Gasteiger partial charge in [-0.05, 0) is 136 Å². The van der Waals surface area contributed by atoms with Crippen LogP contribution < -0.4 is 13.0 Å². The number of fused-ring (bicyclic) bond motifs is 3. The van der Waals surface area contributed by atoms with Crippen molar-refractivity contribution in [2.75, 3.05) is 19.6 Å². The van der Waals surface area contributed by atoms with E-state index in [1.54, 1.807) is 50.1 Å². The number of phenolic OH excluding ortho intramolecular Hbond substituents is 1. The van der Waals surface area contributed by atoms with Crippen LogP contribution in [-0.4, -0.2) is 101 Å². The Bertz CT molecular complexity index is 6260. The van der Waals surface area contributed by atoms with Gasteiger partial charge in [-0.3, -0.25) is 9.36 Å². The van der Waals surface area contributed by atoms with Crippen molar-refractivity contribution in [3.63, 3.8) is 0 Å². The van der Waals surface area contributed by atoms with Gasteiger partial charge in [0.25, 0.3) is 9.05 Å². The second-order valence-corrected chi connectivity index (χ2v) is 32.0. The summed E-state index contributed by atoms with van der Waals surface area (Å²) in [6.07, 6.45) is -1.18. The summed E-state index contributed by atoms with van der Waals surface area (Å²) in [4.78, 5) is 1.27. The first-order valence-electron chi connectivity index (χ1n) is 33.2. The predicted octanol–water partition coefficient (Wildman–Crippen LogP) is 19.4. The number of phenols is 1. The molecule has 0 spiro atoms. The molecule has 0 aliphatic carbocycles. The van der Waals surface area contributed by atoms with Gasteiger partial charge in [0, 0.05) is 124 Å². The Hall–Kier alpha value is -10.4.